The van der Waals surface area contributed by atoms with Crippen LogP contribution in [0.2, 0.25) is 0 Å². The van der Waals surface area contributed by atoms with E-state index in [0.29, 0.717) is 43.6 Å². The minimum Gasteiger partial charge on any atom is -0.491 e. The van der Waals surface area contributed by atoms with E-state index in [9.17, 15) is 5.26 Å². The second-order valence-electron chi connectivity index (χ2n) is 5.25. The predicted octanol–water partition coefficient (Wildman–Crippen LogP) is 2.74. The van der Waals surface area contributed by atoms with Crippen molar-refractivity contribution < 1.29 is 9.47 Å². The summed E-state index contributed by atoms with van der Waals surface area (Å²) in [5.41, 5.74) is 7.07. The Bertz CT molecular complexity index is 683. The van der Waals surface area contributed by atoms with Gasteiger partial charge in [-0.1, -0.05) is 18.2 Å². The van der Waals surface area contributed by atoms with Gasteiger partial charge in [0.05, 0.1) is 12.2 Å². The molecule has 6 heteroatoms. The lowest BCUT2D eigenvalue weighted by molar-refractivity contribution is 0.0999. The Balaban J connectivity index is 1.61. The van der Waals surface area contributed by atoms with Crippen LogP contribution in [-0.4, -0.2) is 31.3 Å². The molecule has 0 saturated heterocycles. The van der Waals surface area contributed by atoms with Crippen LogP contribution >= 0.6 is 0 Å². The SMILES string of the molecule is Cc1cc(N)nc(NCCCOCCOc2ccccc2)c1C#N. The number of hydrogen-bond acceptors (Lipinski definition) is 6. The fourth-order valence-corrected chi connectivity index (χ4v) is 2.19. The van der Waals surface area contributed by atoms with Crippen molar-refractivity contribution in [3.63, 3.8) is 0 Å². The molecule has 126 valence electrons. The van der Waals surface area contributed by atoms with E-state index in [0.717, 1.165) is 17.7 Å². The molecule has 0 aliphatic carbocycles. The molecule has 0 atom stereocenters. The van der Waals surface area contributed by atoms with E-state index in [1.165, 1.54) is 0 Å². The van der Waals surface area contributed by atoms with Crippen LogP contribution < -0.4 is 15.8 Å². The van der Waals surface area contributed by atoms with E-state index < -0.39 is 0 Å². The highest BCUT2D eigenvalue weighted by Gasteiger charge is 2.07. The van der Waals surface area contributed by atoms with Gasteiger partial charge >= 0.3 is 0 Å². The lowest BCUT2D eigenvalue weighted by atomic mass is 10.1. The largest absolute Gasteiger partial charge is 0.491 e. The van der Waals surface area contributed by atoms with E-state index >= 15 is 0 Å². The summed E-state index contributed by atoms with van der Waals surface area (Å²) in [7, 11) is 0. The van der Waals surface area contributed by atoms with Crippen LogP contribution in [0.25, 0.3) is 0 Å². The molecule has 0 bridgehead atoms. The zero-order valence-electron chi connectivity index (χ0n) is 13.8. The molecular weight excluding hydrogens is 304 g/mol. The zero-order valence-corrected chi connectivity index (χ0v) is 13.8. The molecule has 6 nitrogen and oxygen atoms in total. The number of ether oxygens (including phenoxy) is 2. The number of para-hydroxylation sites is 1. The smallest absolute Gasteiger partial charge is 0.146 e. The van der Waals surface area contributed by atoms with Crippen LogP contribution in [0, 0.1) is 18.3 Å². The van der Waals surface area contributed by atoms with Gasteiger partial charge in [0.2, 0.25) is 0 Å². The average molecular weight is 326 g/mol. The first kappa shape index (κ1) is 17.6. The number of nitrogen functional groups attached to an aromatic ring is 1. The van der Waals surface area contributed by atoms with Crippen molar-refractivity contribution >= 4 is 11.6 Å². The molecular formula is C18H22N4O2. The van der Waals surface area contributed by atoms with Gasteiger partial charge in [0.15, 0.2) is 0 Å². The fourth-order valence-electron chi connectivity index (χ4n) is 2.19. The Hall–Kier alpha value is -2.78. The van der Waals surface area contributed by atoms with Crippen molar-refractivity contribution in [3.05, 3.63) is 47.5 Å². The number of nitrogens with zero attached hydrogens (tertiary/aromatic N) is 2. The Kier molecular flexibility index (Phi) is 6.87. The van der Waals surface area contributed by atoms with Crippen LogP contribution in [0.4, 0.5) is 11.6 Å². The van der Waals surface area contributed by atoms with Gasteiger partial charge in [0.25, 0.3) is 0 Å². The summed E-state index contributed by atoms with van der Waals surface area (Å²) in [6.45, 7) is 4.16. The quantitative estimate of drug-likeness (QED) is 0.688. The maximum Gasteiger partial charge on any atom is 0.146 e. The molecule has 0 fully saturated rings. The van der Waals surface area contributed by atoms with Gasteiger partial charge in [0.1, 0.15) is 30.1 Å². The van der Waals surface area contributed by atoms with Gasteiger partial charge in [-0.2, -0.15) is 5.26 Å². The molecule has 0 radical (unpaired) electrons. The van der Waals surface area contributed by atoms with Crippen LogP contribution in [-0.2, 0) is 4.74 Å². The van der Waals surface area contributed by atoms with Crippen molar-refractivity contribution in [2.45, 2.75) is 13.3 Å². The Morgan fingerprint density at radius 2 is 2.00 bits per heavy atom. The number of rotatable bonds is 9. The number of benzene rings is 1. The molecule has 2 rings (SSSR count). The minimum absolute atomic E-state index is 0.406. The van der Waals surface area contributed by atoms with E-state index in [1.54, 1.807) is 6.07 Å². The predicted molar refractivity (Wildman–Crippen MR) is 94.0 cm³/mol. The van der Waals surface area contributed by atoms with E-state index in [1.807, 2.05) is 37.3 Å². The number of nitriles is 1. The van der Waals surface area contributed by atoms with Crippen molar-refractivity contribution in [2.24, 2.45) is 0 Å². The Morgan fingerprint density at radius 3 is 2.75 bits per heavy atom. The third-order valence-electron chi connectivity index (χ3n) is 3.35. The molecule has 1 heterocycles. The normalized spacial score (nSPS) is 10.2. The van der Waals surface area contributed by atoms with Crippen molar-refractivity contribution in [1.29, 1.82) is 5.26 Å². The van der Waals surface area contributed by atoms with E-state index in [2.05, 4.69) is 16.4 Å². The highest BCUT2D eigenvalue weighted by Crippen LogP contribution is 2.18. The zero-order chi connectivity index (χ0) is 17.2. The summed E-state index contributed by atoms with van der Waals surface area (Å²) in [6.07, 6.45) is 0.797. The summed E-state index contributed by atoms with van der Waals surface area (Å²) >= 11 is 0. The van der Waals surface area contributed by atoms with Gasteiger partial charge in [0, 0.05) is 13.2 Å². The molecule has 0 aliphatic rings. The van der Waals surface area contributed by atoms with Crippen LogP contribution in [0.5, 0.6) is 5.75 Å². The Morgan fingerprint density at radius 1 is 1.21 bits per heavy atom. The van der Waals surface area contributed by atoms with Crippen LogP contribution in [0.1, 0.15) is 17.5 Å². The summed E-state index contributed by atoms with van der Waals surface area (Å²) in [5, 5.41) is 12.3. The number of anilines is 2. The second kappa shape index (κ2) is 9.38. The van der Waals surface area contributed by atoms with Gasteiger partial charge in [-0.25, -0.2) is 4.98 Å². The lowest BCUT2D eigenvalue weighted by Gasteiger charge is -2.10. The van der Waals surface area contributed by atoms with E-state index in [4.69, 9.17) is 15.2 Å². The number of hydrogen-bond donors (Lipinski definition) is 2. The molecule has 3 N–H and O–H groups in total. The molecule has 0 saturated carbocycles. The Labute approximate surface area is 142 Å². The molecule has 0 aliphatic heterocycles. The summed E-state index contributed by atoms with van der Waals surface area (Å²) in [4.78, 5) is 4.17. The van der Waals surface area contributed by atoms with Gasteiger partial charge in [-0.15, -0.1) is 0 Å². The standard InChI is InChI=1S/C18H22N4O2/c1-14-12-17(20)22-18(16(14)13-19)21-8-5-9-23-10-11-24-15-6-3-2-4-7-15/h2-4,6-7,12H,5,8-11H2,1H3,(H3,20,21,22). The van der Waals surface area contributed by atoms with Crippen molar-refractivity contribution in [2.75, 3.05) is 37.4 Å². The molecule has 1 aromatic heterocycles. The molecule has 2 aromatic rings. The van der Waals surface area contributed by atoms with Gasteiger partial charge < -0.3 is 20.5 Å². The highest BCUT2D eigenvalue weighted by atomic mass is 16.5. The average Bonchev–Trinajstić information content (AvgIpc) is 2.58. The van der Waals surface area contributed by atoms with Crippen LogP contribution in [0.15, 0.2) is 36.4 Å². The number of aromatic nitrogens is 1. The molecule has 0 unspecified atom stereocenters. The number of pyridine rings is 1. The number of nitrogens with two attached hydrogens (primary N) is 1. The second-order valence-corrected chi connectivity index (χ2v) is 5.25. The van der Waals surface area contributed by atoms with E-state index in [-0.39, 0.29) is 0 Å². The molecule has 0 spiro atoms. The first-order chi connectivity index (χ1) is 11.7. The lowest BCUT2D eigenvalue weighted by Crippen LogP contribution is -2.12. The summed E-state index contributed by atoms with van der Waals surface area (Å²) in [6, 6.07) is 13.5. The molecule has 1 aromatic carbocycles. The number of nitrogens with one attached hydrogen (secondary N) is 1. The molecule has 0 amide bonds. The first-order valence-electron chi connectivity index (χ1n) is 7.87. The third kappa shape index (κ3) is 5.45. The molecule has 24 heavy (non-hydrogen) atoms. The third-order valence-corrected chi connectivity index (χ3v) is 3.35. The van der Waals surface area contributed by atoms with Gasteiger partial charge in [-0.05, 0) is 37.1 Å². The monoisotopic (exact) mass is 326 g/mol. The maximum atomic E-state index is 9.17. The van der Waals surface area contributed by atoms with Crippen molar-refractivity contribution in [3.8, 4) is 11.8 Å². The maximum absolute atomic E-state index is 9.17. The highest BCUT2D eigenvalue weighted by molar-refractivity contribution is 5.59. The summed E-state index contributed by atoms with van der Waals surface area (Å²) in [5.74, 6) is 1.78. The minimum atomic E-state index is 0.406. The number of aryl methyl sites for hydroxylation is 1. The van der Waals surface area contributed by atoms with Crippen molar-refractivity contribution in [1.82, 2.24) is 4.98 Å². The topological polar surface area (TPSA) is 93.2 Å². The van der Waals surface area contributed by atoms with Crippen LogP contribution in [0.3, 0.4) is 0 Å². The summed E-state index contributed by atoms with van der Waals surface area (Å²) < 4.78 is 11.1. The fraction of sp³-hybridized carbons (Fsp3) is 0.333. The first-order valence-corrected chi connectivity index (χ1v) is 7.87. The van der Waals surface area contributed by atoms with Gasteiger partial charge in [-0.3, -0.25) is 0 Å².